The number of hydrogen-bond acceptors (Lipinski definition) is 6. The van der Waals surface area contributed by atoms with Gasteiger partial charge in [0.05, 0.1) is 24.2 Å². The number of hydrogen-bond donors (Lipinski definition) is 2. The first-order valence-corrected chi connectivity index (χ1v) is 12.6. The average Bonchev–Trinajstić information content (AvgIpc) is 2.78. The SMILES string of the molecule is CC(=O)Nc1ccc(S(=O)(=O)N(C)CC(=O)NCc2cccc(CN3CCOC(C)C3)c2)cc1. The molecule has 0 saturated carbocycles. The van der Waals surface area contributed by atoms with Gasteiger partial charge in [-0.2, -0.15) is 4.31 Å². The predicted octanol–water partition coefficient (Wildman–Crippen LogP) is 1.80. The van der Waals surface area contributed by atoms with E-state index in [9.17, 15) is 18.0 Å². The van der Waals surface area contributed by atoms with E-state index in [0.29, 0.717) is 12.2 Å². The fourth-order valence-corrected chi connectivity index (χ4v) is 4.89. The second kappa shape index (κ2) is 11.6. The van der Waals surface area contributed by atoms with E-state index in [1.807, 2.05) is 12.1 Å². The maximum absolute atomic E-state index is 12.8. The quantitative estimate of drug-likeness (QED) is 0.557. The molecular formula is C24H32N4O5S. The Morgan fingerprint density at radius 1 is 1.15 bits per heavy atom. The first-order valence-electron chi connectivity index (χ1n) is 11.2. The van der Waals surface area contributed by atoms with E-state index >= 15 is 0 Å². The largest absolute Gasteiger partial charge is 0.376 e. The number of carbonyl (C=O) groups excluding carboxylic acids is 2. The van der Waals surface area contributed by atoms with Crippen molar-refractivity contribution in [1.82, 2.24) is 14.5 Å². The first kappa shape index (κ1) is 25.8. The fraction of sp³-hybridized carbons (Fsp3) is 0.417. The lowest BCUT2D eigenvalue weighted by atomic mass is 10.1. The van der Waals surface area contributed by atoms with Crippen LogP contribution >= 0.6 is 0 Å². The molecule has 0 radical (unpaired) electrons. The summed E-state index contributed by atoms with van der Waals surface area (Å²) in [5, 5.41) is 5.38. The van der Waals surface area contributed by atoms with Crippen LogP contribution in [0.2, 0.25) is 0 Å². The Hall–Kier alpha value is -2.79. The Labute approximate surface area is 201 Å². The van der Waals surface area contributed by atoms with E-state index in [2.05, 4.69) is 34.6 Å². The van der Waals surface area contributed by atoms with E-state index in [-0.39, 0.29) is 23.5 Å². The van der Waals surface area contributed by atoms with Crippen LogP contribution in [0.15, 0.2) is 53.4 Å². The van der Waals surface area contributed by atoms with Gasteiger partial charge in [-0.1, -0.05) is 24.3 Å². The van der Waals surface area contributed by atoms with E-state index in [1.54, 1.807) is 0 Å². The number of amides is 2. The highest BCUT2D eigenvalue weighted by Gasteiger charge is 2.23. The van der Waals surface area contributed by atoms with Crippen molar-refractivity contribution >= 4 is 27.5 Å². The van der Waals surface area contributed by atoms with Gasteiger partial charge < -0.3 is 15.4 Å². The van der Waals surface area contributed by atoms with Crippen molar-refractivity contribution in [1.29, 1.82) is 0 Å². The van der Waals surface area contributed by atoms with Gasteiger partial charge in [-0.25, -0.2) is 8.42 Å². The van der Waals surface area contributed by atoms with E-state index in [4.69, 9.17) is 4.74 Å². The van der Waals surface area contributed by atoms with Crippen molar-refractivity contribution in [2.24, 2.45) is 0 Å². The smallest absolute Gasteiger partial charge is 0.243 e. The van der Waals surface area contributed by atoms with Gasteiger partial charge >= 0.3 is 0 Å². The van der Waals surface area contributed by atoms with Crippen molar-refractivity contribution in [3.63, 3.8) is 0 Å². The molecule has 1 saturated heterocycles. The number of morpholine rings is 1. The second-order valence-electron chi connectivity index (χ2n) is 8.48. The molecule has 1 aliphatic heterocycles. The third-order valence-corrected chi connectivity index (χ3v) is 7.28. The molecule has 2 amide bonds. The first-order chi connectivity index (χ1) is 16.1. The summed E-state index contributed by atoms with van der Waals surface area (Å²) in [4.78, 5) is 25.9. The third kappa shape index (κ3) is 7.36. The molecular weight excluding hydrogens is 456 g/mol. The Balaban J connectivity index is 1.52. The van der Waals surface area contributed by atoms with Crippen LogP contribution in [0.3, 0.4) is 0 Å². The Morgan fingerprint density at radius 3 is 2.53 bits per heavy atom. The summed E-state index contributed by atoms with van der Waals surface area (Å²) in [5.74, 6) is -0.640. The minimum absolute atomic E-state index is 0.0436. The zero-order valence-corrected chi connectivity index (χ0v) is 20.6. The number of nitrogens with one attached hydrogen (secondary N) is 2. The van der Waals surface area contributed by atoms with Gasteiger partial charge in [-0.05, 0) is 42.3 Å². The van der Waals surface area contributed by atoms with Crippen LogP contribution in [0, 0.1) is 0 Å². The minimum Gasteiger partial charge on any atom is -0.376 e. The standard InChI is InChI=1S/C24H32N4O5S/c1-18-15-28(11-12-33-18)16-21-6-4-5-20(13-21)14-25-24(30)17-27(3)34(31,32)23-9-7-22(8-10-23)26-19(2)29/h4-10,13,18H,11-12,14-17H2,1-3H3,(H,25,30)(H,26,29). The van der Waals surface area contributed by atoms with Crippen LogP contribution in [0.4, 0.5) is 5.69 Å². The Bertz CT molecular complexity index is 1100. The highest BCUT2D eigenvalue weighted by molar-refractivity contribution is 7.89. The molecule has 0 aromatic heterocycles. The predicted molar refractivity (Wildman–Crippen MR) is 130 cm³/mol. The monoisotopic (exact) mass is 488 g/mol. The van der Waals surface area contributed by atoms with Crippen molar-refractivity contribution < 1.29 is 22.7 Å². The summed E-state index contributed by atoms with van der Waals surface area (Å²) in [7, 11) is -2.48. The highest BCUT2D eigenvalue weighted by Crippen LogP contribution is 2.17. The topological polar surface area (TPSA) is 108 Å². The van der Waals surface area contributed by atoms with Crippen LogP contribution in [0.1, 0.15) is 25.0 Å². The lowest BCUT2D eigenvalue weighted by Gasteiger charge is -2.31. The number of anilines is 1. The lowest BCUT2D eigenvalue weighted by molar-refractivity contribution is -0.121. The molecule has 2 N–H and O–H groups in total. The van der Waals surface area contributed by atoms with E-state index in [0.717, 1.165) is 41.7 Å². The van der Waals surface area contributed by atoms with Gasteiger partial charge in [0.1, 0.15) is 0 Å². The van der Waals surface area contributed by atoms with Gasteiger partial charge in [-0.3, -0.25) is 14.5 Å². The zero-order valence-electron chi connectivity index (χ0n) is 19.8. The molecule has 0 spiro atoms. The molecule has 34 heavy (non-hydrogen) atoms. The van der Waals surface area contributed by atoms with Gasteiger partial charge in [0.25, 0.3) is 0 Å². The van der Waals surface area contributed by atoms with Crippen molar-refractivity contribution in [2.75, 3.05) is 38.6 Å². The number of rotatable bonds is 9. The summed E-state index contributed by atoms with van der Waals surface area (Å²) >= 11 is 0. The number of ether oxygens (including phenoxy) is 1. The molecule has 184 valence electrons. The Kier molecular flexibility index (Phi) is 8.78. The Morgan fingerprint density at radius 2 is 1.85 bits per heavy atom. The number of benzene rings is 2. The van der Waals surface area contributed by atoms with Crippen molar-refractivity contribution in [3.05, 3.63) is 59.7 Å². The van der Waals surface area contributed by atoms with Crippen LogP contribution < -0.4 is 10.6 Å². The average molecular weight is 489 g/mol. The molecule has 10 heteroatoms. The van der Waals surface area contributed by atoms with Gasteiger partial charge in [0.2, 0.25) is 21.8 Å². The van der Waals surface area contributed by atoms with Gasteiger partial charge in [-0.15, -0.1) is 0 Å². The maximum atomic E-state index is 12.8. The second-order valence-corrected chi connectivity index (χ2v) is 10.5. The number of likely N-dealkylation sites (N-methyl/N-ethyl adjacent to an activating group) is 1. The lowest BCUT2D eigenvalue weighted by Crippen LogP contribution is -2.40. The normalized spacial score (nSPS) is 16.9. The van der Waals surface area contributed by atoms with E-state index in [1.165, 1.54) is 38.2 Å². The minimum atomic E-state index is -3.85. The molecule has 1 fully saturated rings. The molecule has 1 unspecified atom stereocenters. The highest BCUT2D eigenvalue weighted by atomic mass is 32.2. The fourth-order valence-electron chi connectivity index (χ4n) is 3.77. The molecule has 0 bridgehead atoms. The van der Waals surface area contributed by atoms with Crippen LogP contribution in [0.5, 0.6) is 0 Å². The number of sulfonamides is 1. The van der Waals surface area contributed by atoms with Crippen molar-refractivity contribution in [2.45, 2.75) is 37.9 Å². The zero-order chi connectivity index (χ0) is 24.7. The van der Waals surface area contributed by atoms with Gasteiger partial charge in [0.15, 0.2) is 0 Å². The molecule has 9 nitrogen and oxygen atoms in total. The summed E-state index contributed by atoms with van der Waals surface area (Å²) < 4.78 is 32.1. The van der Waals surface area contributed by atoms with E-state index < -0.39 is 15.9 Å². The van der Waals surface area contributed by atoms with Crippen LogP contribution in [-0.4, -0.2) is 68.8 Å². The summed E-state index contributed by atoms with van der Waals surface area (Å²) in [6.45, 7) is 6.77. The van der Waals surface area contributed by atoms with Gasteiger partial charge in [0, 0.05) is 45.8 Å². The molecule has 0 aliphatic carbocycles. The third-order valence-electron chi connectivity index (χ3n) is 5.46. The summed E-state index contributed by atoms with van der Waals surface area (Å²) in [5.41, 5.74) is 2.60. The maximum Gasteiger partial charge on any atom is 0.243 e. The molecule has 1 heterocycles. The molecule has 2 aromatic rings. The van der Waals surface area contributed by atoms with Crippen LogP contribution in [0.25, 0.3) is 0 Å². The molecule has 3 rings (SSSR count). The molecule has 1 atom stereocenters. The van der Waals surface area contributed by atoms with Crippen LogP contribution in [-0.2, 0) is 37.4 Å². The van der Waals surface area contributed by atoms with Crippen molar-refractivity contribution in [3.8, 4) is 0 Å². The summed E-state index contributed by atoms with van der Waals surface area (Å²) in [6, 6.07) is 13.8. The number of nitrogens with zero attached hydrogens (tertiary/aromatic N) is 2. The molecule has 2 aromatic carbocycles. The number of carbonyl (C=O) groups is 2. The molecule has 1 aliphatic rings. The summed E-state index contributed by atoms with van der Waals surface area (Å²) in [6.07, 6.45) is 0.222.